The van der Waals surface area contributed by atoms with Crippen molar-refractivity contribution in [2.24, 2.45) is 5.92 Å². The van der Waals surface area contributed by atoms with E-state index < -0.39 is 5.97 Å². The summed E-state index contributed by atoms with van der Waals surface area (Å²) in [4.78, 5) is 23.4. The number of nitrogens with one attached hydrogen (secondary N) is 1. The van der Waals surface area contributed by atoms with Gasteiger partial charge in [-0.2, -0.15) is 0 Å². The average molecular weight is 262 g/mol. The van der Waals surface area contributed by atoms with E-state index in [-0.39, 0.29) is 31.6 Å². The number of carbonyl (C=O) groups is 2. The Bertz CT molecular complexity index is 260. The lowest BCUT2D eigenvalue weighted by atomic mass is 10.1. The van der Waals surface area contributed by atoms with E-state index in [1.807, 2.05) is 0 Å². The van der Waals surface area contributed by atoms with Gasteiger partial charge in [-0.3, -0.25) is 4.79 Å². The number of urea groups is 1. The maximum atomic E-state index is 11.6. The van der Waals surface area contributed by atoms with Crippen molar-refractivity contribution in [1.82, 2.24) is 10.2 Å². The highest BCUT2D eigenvalue weighted by atomic mass is 16.5. The number of aliphatic hydroxyl groups excluding tert-OH is 1. The molecule has 2 amide bonds. The summed E-state index contributed by atoms with van der Waals surface area (Å²) in [5.41, 5.74) is 0. The van der Waals surface area contributed by atoms with Crippen LogP contribution >= 0.6 is 0 Å². The van der Waals surface area contributed by atoms with Gasteiger partial charge < -0.3 is 25.2 Å². The Morgan fingerprint density at radius 2 is 2.06 bits per heavy atom. The van der Waals surface area contributed by atoms with Gasteiger partial charge in [-0.05, 0) is 5.92 Å². The average Bonchev–Trinajstić information content (AvgIpc) is 2.30. The number of rotatable bonds is 9. The fraction of sp³-hybridized carbons (Fsp3) is 0.818. The van der Waals surface area contributed by atoms with Crippen LogP contribution in [0, 0.1) is 5.92 Å². The molecule has 0 radical (unpaired) electrons. The first-order valence-electron chi connectivity index (χ1n) is 5.86. The third-order valence-corrected chi connectivity index (χ3v) is 2.28. The van der Waals surface area contributed by atoms with Crippen molar-refractivity contribution in [3.8, 4) is 0 Å². The molecule has 0 aliphatic heterocycles. The van der Waals surface area contributed by atoms with Crippen LogP contribution in [0.3, 0.4) is 0 Å². The maximum absolute atomic E-state index is 11.6. The number of carbonyl (C=O) groups excluding carboxylic acids is 1. The number of hydrogen-bond acceptors (Lipinski definition) is 4. The molecule has 0 aromatic carbocycles. The van der Waals surface area contributed by atoms with E-state index >= 15 is 0 Å². The number of likely N-dealkylation sites (N-methyl/N-ethyl adjacent to an activating group) is 1. The molecule has 0 bridgehead atoms. The Labute approximate surface area is 107 Å². The molecule has 0 aromatic heterocycles. The normalized spacial score (nSPS) is 11.9. The Hall–Kier alpha value is -1.34. The molecule has 1 unspecified atom stereocenters. The van der Waals surface area contributed by atoms with Gasteiger partial charge in [0.05, 0.1) is 19.8 Å². The molecule has 3 N–H and O–H groups in total. The molecule has 7 nitrogen and oxygen atoms in total. The van der Waals surface area contributed by atoms with Crippen LogP contribution in [0.25, 0.3) is 0 Å². The summed E-state index contributed by atoms with van der Waals surface area (Å²) in [6.45, 7) is 3.08. The summed E-state index contributed by atoms with van der Waals surface area (Å²) in [6, 6.07) is -0.264. The minimum atomic E-state index is -0.873. The van der Waals surface area contributed by atoms with Gasteiger partial charge in [-0.1, -0.05) is 6.92 Å². The zero-order chi connectivity index (χ0) is 14.0. The molecule has 18 heavy (non-hydrogen) atoms. The number of nitrogens with zero attached hydrogens (tertiary/aromatic N) is 1. The van der Waals surface area contributed by atoms with Gasteiger partial charge >= 0.3 is 12.0 Å². The Morgan fingerprint density at radius 1 is 1.39 bits per heavy atom. The quantitative estimate of drug-likeness (QED) is 0.497. The highest BCUT2D eigenvalue weighted by Crippen LogP contribution is 1.99. The van der Waals surface area contributed by atoms with Crippen molar-refractivity contribution in [2.45, 2.75) is 13.3 Å². The molecule has 0 fully saturated rings. The monoisotopic (exact) mass is 262 g/mol. The van der Waals surface area contributed by atoms with Gasteiger partial charge in [-0.25, -0.2) is 4.79 Å². The first-order chi connectivity index (χ1) is 8.47. The van der Waals surface area contributed by atoms with Gasteiger partial charge in [0.15, 0.2) is 0 Å². The standard InChI is InChI=1S/C11H22N2O5/c1-9(7-10(15)16)8-12-11(17)13(2)3-5-18-6-4-14/h9,14H,3-8H2,1-2H3,(H,12,17)(H,15,16). The van der Waals surface area contributed by atoms with Crippen molar-refractivity contribution >= 4 is 12.0 Å². The second-order valence-electron chi connectivity index (χ2n) is 4.15. The van der Waals surface area contributed by atoms with Gasteiger partial charge in [0, 0.05) is 26.6 Å². The summed E-state index contributed by atoms with van der Waals surface area (Å²) in [7, 11) is 1.62. The number of amides is 2. The molecule has 0 saturated heterocycles. The Kier molecular flexibility index (Phi) is 8.95. The number of ether oxygens (including phenoxy) is 1. The van der Waals surface area contributed by atoms with Crippen molar-refractivity contribution in [2.75, 3.05) is 40.0 Å². The molecule has 0 rings (SSSR count). The third kappa shape index (κ3) is 8.77. The number of carboxylic acid groups (broad SMARTS) is 1. The van der Waals surface area contributed by atoms with E-state index in [1.54, 1.807) is 14.0 Å². The molecular formula is C11H22N2O5. The van der Waals surface area contributed by atoms with E-state index in [1.165, 1.54) is 4.90 Å². The van der Waals surface area contributed by atoms with Crippen LogP contribution < -0.4 is 5.32 Å². The van der Waals surface area contributed by atoms with E-state index in [0.29, 0.717) is 19.7 Å². The molecule has 1 atom stereocenters. The summed E-state index contributed by atoms with van der Waals surface area (Å²) >= 11 is 0. The lowest BCUT2D eigenvalue weighted by Gasteiger charge is -2.19. The topological polar surface area (TPSA) is 99.1 Å². The molecule has 0 aliphatic carbocycles. The van der Waals surface area contributed by atoms with E-state index in [2.05, 4.69) is 5.32 Å². The van der Waals surface area contributed by atoms with Crippen molar-refractivity contribution in [1.29, 1.82) is 0 Å². The third-order valence-electron chi connectivity index (χ3n) is 2.28. The largest absolute Gasteiger partial charge is 0.481 e. The second-order valence-corrected chi connectivity index (χ2v) is 4.15. The van der Waals surface area contributed by atoms with Gasteiger partial charge in [-0.15, -0.1) is 0 Å². The van der Waals surface area contributed by atoms with Gasteiger partial charge in [0.25, 0.3) is 0 Å². The van der Waals surface area contributed by atoms with E-state index in [4.69, 9.17) is 14.9 Å². The lowest BCUT2D eigenvalue weighted by molar-refractivity contribution is -0.137. The highest BCUT2D eigenvalue weighted by molar-refractivity contribution is 5.74. The fourth-order valence-electron chi connectivity index (χ4n) is 1.24. The molecule has 0 spiro atoms. The summed E-state index contributed by atoms with van der Waals surface area (Å²) < 4.78 is 5.03. The molecule has 0 saturated carbocycles. The van der Waals surface area contributed by atoms with Crippen LogP contribution in [0.4, 0.5) is 4.79 Å². The van der Waals surface area contributed by atoms with Crippen LogP contribution in [0.5, 0.6) is 0 Å². The van der Waals surface area contributed by atoms with Crippen molar-refractivity contribution in [3.05, 3.63) is 0 Å². The van der Waals surface area contributed by atoms with Crippen LogP contribution in [0.15, 0.2) is 0 Å². The smallest absolute Gasteiger partial charge is 0.317 e. The zero-order valence-electron chi connectivity index (χ0n) is 10.9. The van der Waals surface area contributed by atoms with Crippen molar-refractivity contribution in [3.63, 3.8) is 0 Å². The summed E-state index contributed by atoms with van der Waals surface area (Å²) in [6.07, 6.45) is 0.0314. The predicted octanol–water partition coefficient (Wildman–Crippen LogP) is -0.252. The first-order valence-corrected chi connectivity index (χ1v) is 5.86. The van der Waals surface area contributed by atoms with Crippen LogP contribution in [-0.2, 0) is 9.53 Å². The second kappa shape index (κ2) is 9.67. The summed E-state index contributed by atoms with van der Waals surface area (Å²) in [5, 5.41) is 19.7. The van der Waals surface area contributed by atoms with Gasteiger partial charge in [0.2, 0.25) is 0 Å². The number of hydrogen-bond donors (Lipinski definition) is 3. The molecule has 0 aromatic rings. The van der Waals surface area contributed by atoms with Crippen LogP contribution in [-0.4, -0.2) is 67.1 Å². The number of carboxylic acids is 1. The zero-order valence-corrected chi connectivity index (χ0v) is 10.9. The molecule has 7 heteroatoms. The van der Waals surface area contributed by atoms with Crippen LogP contribution in [0.1, 0.15) is 13.3 Å². The molecule has 0 heterocycles. The molecule has 0 aliphatic rings. The number of aliphatic carboxylic acids is 1. The Morgan fingerprint density at radius 3 is 2.61 bits per heavy atom. The Balaban J connectivity index is 3.70. The summed E-state index contributed by atoms with van der Waals surface area (Å²) in [5.74, 6) is -0.979. The van der Waals surface area contributed by atoms with Crippen molar-refractivity contribution < 1.29 is 24.5 Å². The predicted molar refractivity (Wildman–Crippen MR) is 65.4 cm³/mol. The minimum absolute atomic E-state index is 0.0314. The van der Waals surface area contributed by atoms with E-state index in [0.717, 1.165) is 0 Å². The number of aliphatic hydroxyl groups is 1. The lowest BCUT2D eigenvalue weighted by Crippen LogP contribution is -2.41. The van der Waals surface area contributed by atoms with E-state index in [9.17, 15) is 9.59 Å². The minimum Gasteiger partial charge on any atom is -0.481 e. The first kappa shape index (κ1) is 16.7. The fourth-order valence-corrected chi connectivity index (χ4v) is 1.24. The molecular weight excluding hydrogens is 240 g/mol. The SMILES string of the molecule is CC(CNC(=O)N(C)CCOCCO)CC(=O)O. The molecule has 106 valence electrons. The van der Waals surface area contributed by atoms with Crippen LogP contribution in [0.2, 0.25) is 0 Å². The maximum Gasteiger partial charge on any atom is 0.317 e. The highest BCUT2D eigenvalue weighted by Gasteiger charge is 2.11. The van der Waals surface area contributed by atoms with Gasteiger partial charge in [0.1, 0.15) is 0 Å².